The van der Waals surface area contributed by atoms with Crippen molar-refractivity contribution in [2.24, 2.45) is 17.3 Å². The van der Waals surface area contributed by atoms with Gasteiger partial charge in [-0.3, -0.25) is 9.59 Å². The van der Waals surface area contributed by atoms with Crippen molar-refractivity contribution in [3.63, 3.8) is 0 Å². The number of fused-ring (bicyclic) bond motifs is 1. The molecule has 0 radical (unpaired) electrons. The Hall–Kier alpha value is -1.68. The highest BCUT2D eigenvalue weighted by molar-refractivity contribution is 7.21. The molecular formula is C23H33NO2S. The molecule has 1 heterocycles. The van der Waals surface area contributed by atoms with Crippen LogP contribution in [-0.4, -0.2) is 29.7 Å². The maximum absolute atomic E-state index is 13.2. The second kappa shape index (κ2) is 8.55. The van der Waals surface area contributed by atoms with Crippen molar-refractivity contribution >= 4 is 33.1 Å². The van der Waals surface area contributed by atoms with E-state index in [1.807, 2.05) is 49.9 Å². The second-order valence-electron chi connectivity index (χ2n) is 9.25. The topological polar surface area (TPSA) is 37.4 Å². The minimum absolute atomic E-state index is 0.115. The van der Waals surface area contributed by atoms with Crippen LogP contribution in [0.25, 0.3) is 10.1 Å². The number of ketones is 1. The van der Waals surface area contributed by atoms with E-state index in [9.17, 15) is 9.59 Å². The lowest BCUT2D eigenvalue weighted by atomic mass is 9.88. The van der Waals surface area contributed by atoms with E-state index in [2.05, 4.69) is 27.7 Å². The van der Waals surface area contributed by atoms with E-state index in [1.54, 1.807) is 0 Å². The molecule has 2 aromatic rings. The zero-order valence-electron chi connectivity index (χ0n) is 17.8. The zero-order valence-corrected chi connectivity index (χ0v) is 18.6. The first kappa shape index (κ1) is 21.6. The zero-order chi connectivity index (χ0) is 20.4. The van der Waals surface area contributed by atoms with Crippen molar-refractivity contribution in [3.8, 4) is 0 Å². The number of amides is 1. The standard InChI is InChI=1S/C23H33NO2S/c1-15(2)13-24(14-16(3)4)20(25)12-18-17-10-8-9-11-19(17)27-21(18)22(26)23(5,6)7/h8-11,15-16H,12-14H2,1-7H3. The normalized spacial score (nSPS) is 12.2. The molecule has 1 amide bonds. The molecule has 0 unspecified atom stereocenters. The van der Waals surface area contributed by atoms with Gasteiger partial charge in [0.2, 0.25) is 5.91 Å². The molecule has 4 heteroatoms. The van der Waals surface area contributed by atoms with Gasteiger partial charge in [0, 0.05) is 23.2 Å². The summed E-state index contributed by atoms with van der Waals surface area (Å²) in [6.07, 6.45) is 0.292. The van der Waals surface area contributed by atoms with Crippen LogP contribution in [0.15, 0.2) is 24.3 Å². The Morgan fingerprint density at radius 3 is 2.07 bits per heavy atom. The van der Waals surface area contributed by atoms with Gasteiger partial charge in [0.1, 0.15) is 0 Å². The third-order valence-electron chi connectivity index (χ3n) is 4.44. The van der Waals surface area contributed by atoms with Crippen LogP contribution in [0, 0.1) is 17.3 Å². The highest BCUT2D eigenvalue weighted by Crippen LogP contribution is 2.36. The van der Waals surface area contributed by atoms with Gasteiger partial charge in [-0.05, 0) is 28.9 Å². The van der Waals surface area contributed by atoms with Crippen molar-refractivity contribution < 1.29 is 9.59 Å². The average Bonchev–Trinajstić information content (AvgIpc) is 2.90. The van der Waals surface area contributed by atoms with E-state index in [0.717, 1.165) is 33.6 Å². The van der Waals surface area contributed by atoms with Crippen LogP contribution in [0.3, 0.4) is 0 Å². The molecule has 1 aromatic carbocycles. The van der Waals surface area contributed by atoms with Gasteiger partial charge in [-0.25, -0.2) is 0 Å². The Kier molecular flexibility index (Phi) is 6.85. The van der Waals surface area contributed by atoms with Gasteiger partial charge in [-0.2, -0.15) is 0 Å². The van der Waals surface area contributed by atoms with Crippen molar-refractivity contribution in [2.75, 3.05) is 13.1 Å². The fourth-order valence-electron chi connectivity index (χ4n) is 3.22. The molecule has 3 nitrogen and oxygen atoms in total. The Labute approximate surface area is 167 Å². The molecule has 0 atom stereocenters. The molecule has 27 heavy (non-hydrogen) atoms. The first-order chi connectivity index (χ1) is 12.5. The van der Waals surface area contributed by atoms with Crippen LogP contribution >= 0.6 is 11.3 Å². The van der Waals surface area contributed by atoms with Gasteiger partial charge >= 0.3 is 0 Å². The van der Waals surface area contributed by atoms with Crippen LogP contribution < -0.4 is 0 Å². The maximum Gasteiger partial charge on any atom is 0.227 e. The average molecular weight is 388 g/mol. The van der Waals surface area contributed by atoms with Crippen molar-refractivity contribution in [3.05, 3.63) is 34.7 Å². The molecule has 1 aromatic heterocycles. The predicted octanol–water partition coefficient (Wildman–Crippen LogP) is 5.81. The summed E-state index contributed by atoms with van der Waals surface area (Å²) in [7, 11) is 0. The summed E-state index contributed by atoms with van der Waals surface area (Å²) < 4.78 is 1.08. The summed E-state index contributed by atoms with van der Waals surface area (Å²) in [5.41, 5.74) is 0.437. The minimum atomic E-state index is -0.464. The Morgan fingerprint density at radius 2 is 1.56 bits per heavy atom. The summed E-state index contributed by atoms with van der Waals surface area (Å²) in [6.45, 7) is 15.9. The van der Waals surface area contributed by atoms with E-state index >= 15 is 0 Å². The largest absolute Gasteiger partial charge is 0.342 e. The predicted molar refractivity (Wildman–Crippen MR) is 116 cm³/mol. The minimum Gasteiger partial charge on any atom is -0.342 e. The summed E-state index contributed by atoms with van der Waals surface area (Å²) in [5, 5.41) is 1.04. The number of hydrogen-bond donors (Lipinski definition) is 0. The molecular weight excluding hydrogens is 354 g/mol. The maximum atomic E-state index is 13.2. The molecule has 148 valence electrons. The van der Waals surface area contributed by atoms with Gasteiger partial charge in [-0.1, -0.05) is 66.7 Å². The van der Waals surface area contributed by atoms with Crippen molar-refractivity contribution in [1.82, 2.24) is 4.90 Å². The van der Waals surface area contributed by atoms with Crippen LogP contribution in [0.4, 0.5) is 0 Å². The van der Waals surface area contributed by atoms with E-state index < -0.39 is 5.41 Å². The number of benzene rings is 1. The molecule has 0 aliphatic heterocycles. The number of nitrogens with zero attached hydrogens (tertiary/aromatic N) is 1. The monoisotopic (exact) mass is 387 g/mol. The summed E-state index contributed by atoms with van der Waals surface area (Å²) in [5.74, 6) is 1.07. The lowest BCUT2D eigenvalue weighted by Crippen LogP contribution is -2.38. The number of hydrogen-bond acceptors (Lipinski definition) is 3. The Morgan fingerprint density at radius 1 is 1.00 bits per heavy atom. The molecule has 0 aliphatic carbocycles. The molecule has 0 aliphatic rings. The highest BCUT2D eigenvalue weighted by Gasteiger charge is 2.29. The van der Waals surface area contributed by atoms with Gasteiger partial charge in [0.15, 0.2) is 5.78 Å². The van der Waals surface area contributed by atoms with Crippen LogP contribution in [-0.2, 0) is 11.2 Å². The molecule has 0 spiro atoms. The molecule has 0 N–H and O–H groups in total. The quantitative estimate of drug-likeness (QED) is 0.562. The smallest absolute Gasteiger partial charge is 0.227 e. The van der Waals surface area contributed by atoms with Gasteiger partial charge < -0.3 is 4.90 Å². The van der Waals surface area contributed by atoms with Gasteiger partial charge in [0.05, 0.1) is 11.3 Å². The number of thiophene rings is 1. The lowest BCUT2D eigenvalue weighted by molar-refractivity contribution is -0.131. The Balaban J connectivity index is 2.44. The Bertz CT molecular complexity index is 801. The lowest BCUT2D eigenvalue weighted by Gasteiger charge is -2.27. The summed E-state index contributed by atoms with van der Waals surface area (Å²) in [6, 6.07) is 8.03. The van der Waals surface area contributed by atoms with Crippen molar-refractivity contribution in [2.45, 2.75) is 54.9 Å². The fourth-order valence-corrected chi connectivity index (χ4v) is 4.59. The van der Waals surface area contributed by atoms with Gasteiger partial charge in [0.25, 0.3) is 0 Å². The molecule has 2 rings (SSSR count). The fraction of sp³-hybridized carbons (Fsp3) is 0.565. The number of carbonyl (C=O) groups is 2. The van der Waals surface area contributed by atoms with Crippen LogP contribution in [0.1, 0.15) is 63.7 Å². The summed E-state index contributed by atoms with van der Waals surface area (Å²) >= 11 is 1.52. The van der Waals surface area contributed by atoms with E-state index in [0.29, 0.717) is 18.3 Å². The second-order valence-corrected chi connectivity index (χ2v) is 10.3. The molecule has 0 bridgehead atoms. The highest BCUT2D eigenvalue weighted by atomic mass is 32.1. The van der Waals surface area contributed by atoms with Crippen molar-refractivity contribution in [1.29, 1.82) is 0 Å². The summed E-state index contributed by atoms with van der Waals surface area (Å²) in [4.78, 5) is 28.9. The van der Waals surface area contributed by atoms with Crippen LogP contribution in [0.2, 0.25) is 0 Å². The number of Topliss-reactive ketones (excluding diaryl/α,β-unsaturated/α-hetero) is 1. The SMILES string of the molecule is CC(C)CN(CC(C)C)C(=O)Cc1c(C(=O)C(C)(C)C)sc2ccccc12. The first-order valence-electron chi connectivity index (χ1n) is 9.83. The third-order valence-corrected chi connectivity index (χ3v) is 5.65. The van der Waals surface area contributed by atoms with E-state index in [1.165, 1.54) is 11.3 Å². The molecule has 0 saturated carbocycles. The van der Waals surface area contributed by atoms with Gasteiger partial charge in [-0.15, -0.1) is 11.3 Å². The van der Waals surface area contributed by atoms with Crippen LogP contribution in [0.5, 0.6) is 0 Å². The molecule has 0 fully saturated rings. The van der Waals surface area contributed by atoms with E-state index in [-0.39, 0.29) is 11.7 Å². The van der Waals surface area contributed by atoms with E-state index in [4.69, 9.17) is 0 Å². The third kappa shape index (κ3) is 5.41. The molecule has 0 saturated heterocycles. The number of rotatable bonds is 7. The number of carbonyl (C=O) groups excluding carboxylic acids is 2. The first-order valence-corrected chi connectivity index (χ1v) is 10.6.